The monoisotopic (exact) mass is 397 g/mol. The number of carbonyl (C=O) groups excluding carboxylic acids is 1. The molecule has 3 atom stereocenters. The van der Waals surface area contributed by atoms with E-state index in [1.165, 1.54) is 24.3 Å². The number of carbonyl (C=O) groups is 1. The normalized spacial score (nSPS) is 21.1. The molecule has 2 heterocycles. The maximum atomic E-state index is 12.4. The van der Waals surface area contributed by atoms with Gasteiger partial charge in [-0.2, -0.15) is 4.98 Å². The average molecular weight is 397 g/mol. The van der Waals surface area contributed by atoms with Crippen LogP contribution in [0.4, 0.5) is 11.7 Å². The molecule has 2 unspecified atom stereocenters. The third kappa shape index (κ3) is 3.41. The van der Waals surface area contributed by atoms with Gasteiger partial charge < -0.3 is 24.6 Å². The van der Waals surface area contributed by atoms with E-state index in [1.54, 1.807) is 13.8 Å². The number of β-lactam (4-membered cyclic amide) rings is 1. The molecule has 0 spiro atoms. The van der Waals surface area contributed by atoms with Crippen LogP contribution in [0.1, 0.15) is 11.5 Å². The smallest absolute Gasteiger partial charge is 0.309 e. The van der Waals surface area contributed by atoms with Gasteiger partial charge in [0.25, 0.3) is 15.9 Å². The number of rotatable bonds is 6. The predicted molar refractivity (Wildman–Crippen MR) is 93.6 cm³/mol. The number of aliphatic hydroxyl groups excluding tert-OH is 3. The van der Waals surface area contributed by atoms with Crippen LogP contribution < -0.4 is 9.62 Å². The minimum Gasteiger partial charge on any atom is -0.428 e. The molecular weight excluding hydrogens is 378 g/mol. The maximum absolute atomic E-state index is 12.4. The van der Waals surface area contributed by atoms with E-state index in [-0.39, 0.29) is 16.6 Å². The Bertz CT molecular complexity index is 935. The van der Waals surface area contributed by atoms with Gasteiger partial charge in [-0.15, -0.1) is 0 Å². The van der Waals surface area contributed by atoms with Gasteiger partial charge >= 0.3 is 6.01 Å². The Labute approximate surface area is 155 Å². The van der Waals surface area contributed by atoms with E-state index >= 15 is 0 Å². The van der Waals surface area contributed by atoms with Crippen LogP contribution in [-0.4, -0.2) is 59.5 Å². The van der Waals surface area contributed by atoms with Crippen molar-refractivity contribution < 1.29 is 32.9 Å². The topological polar surface area (TPSA) is 153 Å². The maximum Gasteiger partial charge on any atom is 0.309 e. The summed E-state index contributed by atoms with van der Waals surface area (Å²) in [5.41, 5.74) is 0.843. The van der Waals surface area contributed by atoms with E-state index in [4.69, 9.17) is 9.52 Å². The lowest BCUT2D eigenvalue weighted by atomic mass is 9.92. The van der Waals surface area contributed by atoms with E-state index in [9.17, 15) is 23.4 Å². The summed E-state index contributed by atoms with van der Waals surface area (Å²) < 4.78 is 32.3. The van der Waals surface area contributed by atoms with E-state index in [1.807, 2.05) is 0 Å². The van der Waals surface area contributed by atoms with Gasteiger partial charge in [-0.05, 0) is 38.1 Å². The Morgan fingerprint density at radius 1 is 1.30 bits per heavy atom. The van der Waals surface area contributed by atoms with Crippen LogP contribution in [0.15, 0.2) is 33.6 Å². The molecule has 11 heteroatoms. The van der Waals surface area contributed by atoms with E-state index in [0.717, 1.165) is 4.90 Å². The summed E-state index contributed by atoms with van der Waals surface area (Å²) in [5, 5.41) is 28.5. The lowest BCUT2D eigenvalue weighted by Crippen LogP contribution is -2.70. The minimum absolute atomic E-state index is 0.0902. The zero-order chi connectivity index (χ0) is 19.9. The average Bonchev–Trinajstić information content (AvgIpc) is 2.94. The Kier molecular flexibility index (Phi) is 4.95. The highest BCUT2D eigenvalue weighted by Gasteiger charge is 2.50. The number of hydrogen-bond donors (Lipinski definition) is 4. The molecule has 1 aromatic carbocycles. The Hall–Kier alpha value is -2.47. The van der Waals surface area contributed by atoms with Crippen molar-refractivity contribution in [1.29, 1.82) is 0 Å². The Morgan fingerprint density at radius 2 is 1.93 bits per heavy atom. The van der Waals surface area contributed by atoms with Crippen molar-refractivity contribution in [2.75, 3.05) is 16.2 Å². The number of anilines is 2. The third-order valence-corrected chi connectivity index (χ3v) is 5.70. The van der Waals surface area contributed by atoms with Gasteiger partial charge in [0, 0.05) is 5.69 Å². The van der Waals surface area contributed by atoms with Crippen LogP contribution in [0.5, 0.6) is 0 Å². The molecule has 10 nitrogen and oxygen atoms in total. The molecule has 1 fully saturated rings. The summed E-state index contributed by atoms with van der Waals surface area (Å²) in [7, 11) is -3.96. The fourth-order valence-corrected chi connectivity index (χ4v) is 3.69. The molecule has 1 amide bonds. The van der Waals surface area contributed by atoms with Crippen molar-refractivity contribution in [3.05, 3.63) is 35.7 Å². The first kappa shape index (κ1) is 19.3. The summed E-state index contributed by atoms with van der Waals surface area (Å²) in [5.74, 6) is -0.154. The van der Waals surface area contributed by atoms with Crippen LogP contribution in [0, 0.1) is 13.8 Å². The lowest BCUT2D eigenvalue weighted by Gasteiger charge is -2.46. The Balaban J connectivity index is 1.81. The van der Waals surface area contributed by atoms with Gasteiger partial charge in [0.1, 0.15) is 17.9 Å². The molecule has 0 radical (unpaired) electrons. The number of aromatic nitrogens is 1. The van der Waals surface area contributed by atoms with Gasteiger partial charge in [-0.1, -0.05) is 0 Å². The summed E-state index contributed by atoms with van der Waals surface area (Å²) >= 11 is 0. The number of aryl methyl sites for hydroxylation is 2. The van der Waals surface area contributed by atoms with Crippen molar-refractivity contribution in [3.63, 3.8) is 0 Å². The number of oxazole rings is 1. The van der Waals surface area contributed by atoms with E-state index in [2.05, 4.69) is 9.71 Å². The van der Waals surface area contributed by atoms with Gasteiger partial charge in [-0.25, -0.2) is 13.1 Å². The van der Waals surface area contributed by atoms with Gasteiger partial charge in [0.05, 0.1) is 17.2 Å². The van der Waals surface area contributed by atoms with Crippen LogP contribution >= 0.6 is 0 Å². The minimum atomic E-state index is -3.96. The van der Waals surface area contributed by atoms with Crippen molar-refractivity contribution in [2.45, 2.75) is 37.0 Å². The zero-order valence-electron chi connectivity index (χ0n) is 14.5. The van der Waals surface area contributed by atoms with Crippen LogP contribution in [0.2, 0.25) is 0 Å². The standard InChI is InChI=1S/C16H19N3O7S/c1-8-9(2)26-16(17-8)18-27(24,25)11-5-3-10(4-6-11)19-13(12(21)7-20)14(22)15(19)23/h3-6,12-14,20-22H,7H2,1-2H3,(H,17,18)/t12-,13?,14?/m0/s1. The molecule has 0 aliphatic carbocycles. The first-order chi connectivity index (χ1) is 12.7. The zero-order valence-corrected chi connectivity index (χ0v) is 15.3. The van der Waals surface area contributed by atoms with Crippen molar-refractivity contribution in [3.8, 4) is 0 Å². The fourth-order valence-electron chi connectivity index (χ4n) is 2.76. The Morgan fingerprint density at radius 3 is 2.44 bits per heavy atom. The molecule has 4 N–H and O–H groups in total. The van der Waals surface area contributed by atoms with Crippen molar-refractivity contribution in [2.24, 2.45) is 0 Å². The second kappa shape index (κ2) is 6.93. The van der Waals surface area contributed by atoms with Crippen LogP contribution in [0.3, 0.4) is 0 Å². The number of benzene rings is 1. The summed E-state index contributed by atoms with van der Waals surface area (Å²) in [6, 6.07) is 4.10. The molecule has 0 bridgehead atoms. The molecule has 3 rings (SSSR count). The van der Waals surface area contributed by atoms with Crippen molar-refractivity contribution >= 4 is 27.6 Å². The number of sulfonamides is 1. The van der Waals surface area contributed by atoms with Crippen LogP contribution in [-0.2, 0) is 14.8 Å². The lowest BCUT2D eigenvalue weighted by molar-refractivity contribution is -0.142. The highest BCUT2D eigenvalue weighted by molar-refractivity contribution is 7.92. The van der Waals surface area contributed by atoms with Crippen LogP contribution in [0.25, 0.3) is 0 Å². The molecular formula is C16H19N3O7S. The number of aliphatic hydroxyl groups is 3. The highest BCUT2D eigenvalue weighted by atomic mass is 32.2. The molecule has 1 aliphatic rings. The molecule has 0 saturated carbocycles. The molecule has 27 heavy (non-hydrogen) atoms. The number of hydrogen-bond acceptors (Lipinski definition) is 8. The summed E-state index contributed by atoms with van der Waals surface area (Å²) in [6.07, 6.45) is -2.74. The predicted octanol–water partition coefficient (Wildman–Crippen LogP) is -0.478. The molecule has 146 valence electrons. The van der Waals surface area contributed by atoms with Gasteiger partial charge in [-0.3, -0.25) is 4.79 Å². The third-order valence-electron chi connectivity index (χ3n) is 4.37. The molecule has 1 aliphatic heterocycles. The fraction of sp³-hybridized carbons (Fsp3) is 0.375. The first-order valence-electron chi connectivity index (χ1n) is 8.02. The number of nitrogens with zero attached hydrogens (tertiary/aromatic N) is 2. The van der Waals surface area contributed by atoms with Crippen molar-refractivity contribution in [1.82, 2.24) is 4.98 Å². The highest BCUT2D eigenvalue weighted by Crippen LogP contribution is 2.31. The number of nitrogens with one attached hydrogen (secondary N) is 1. The quantitative estimate of drug-likeness (QED) is 0.477. The number of amides is 1. The molecule has 1 aromatic heterocycles. The van der Waals surface area contributed by atoms with Gasteiger partial charge in [0.15, 0.2) is 6.10 Å². The largest absolute Gasteiger partial charge is 0.428 e. The first-order valence-corrected chi connectivity index (χ1v) is 9.51. The molecule has 2 aromatic rings. The second-order valence-corrected chi connectivity index (χ2v) is 7.84. The van der Waals surface area contributed by atoms with E-state index in [0.29, 0.717) is 11.5 Å². The summed E-state index contributed by atoms with van der Waals surface area (Å²) in [4.78, 5) is 16.9. The van der Waals surface area contributed by atoms with E-state index < -0.39 is 40.8 Å². The SMILES string of the molecule is Cc1nc(NS(=O)(=O)c2ccc(N3C(=O)C(O)C3[C@@H](O)CO)cc2)oc1C. The second-order valence-electron chi connectivity index (χ2n) is 6.15. The summed E-state index contributed by atoms with van der Waals surface area (Å²) in [6.45, 7) is 2.71. The molecule has 1 saturated heterocycles. The van der Waals surface area contributed by atoms with Gasteiger partial charge in [0.2, 0.25) is 0 Å².